The lowest BCUT2D eigenvalue weighted by atomic mass is 9.91. The number of alkyl halides is 1. The van der Waals surface area contributed by atoms with Crippen molar-refractivity contribution in [3.8, 4) is 11.1 Å². The first-order chi connectivity index (χ1) is 16.3. The molecule has 3 aromatic carbocycles. The zero-order valence-corrected chi connectivity index (χ0v) is 19.9. The van der Waals surface area contributed by atoms with Crippen LogP contribution in [0.25, 0.3) is 11.1 Å². The van der Waals surface area contributed by atoms with Gasteiger partial charge in [0.05, 0.1) is 5.56 Å². The van der Waals surface area contributed by atoms with Gasteiger partial charge in [0.25, 0.3) is 23.4 Å². The number of hydrogen-bond acceptors (Lipinski definition) is 3. The lowest BCUT2D eigenvalue weighted by molar-refractivity contribution is -0.153. The van der Waals surface area contributed by atoms with E-state index in [-0.39, 0.29) is 37.6 Å². The highest BCUT2D eigenvalue weighted by atomic mass is 79.9. The standard InChI is InChI=1S/C26H23BrFN3O3/c27-22-9-5-4-8-21(22)23(32)30-14-16-31(17-15-30)25(34)26(28,24(29)33)20-12-10-19(11-13-20)18-6-2-1-3-7-18/h1-13H,14-17H2,(H2,29,33). The summed E-state index contributed by atoms with van der Waals surface area (Å²) in [5.74, 6) is -2.56. The van der Waals surface area contributed by atoms with Crippen LogP contribution in [-0.4, -0.2) is 53.7 Å². The monoisotopic (exact) mass is 523 g/mol. The second kappa shape index (κ2) is 9.77. The summed E-state index contributed by atoms with van der Waals surface area (Å²) in [5, 5.41) is 0. The summed E-state index contributed by atoms with van der Waals surface area (Å²) in [6.45, 7) is 0.619. The average Bonchev–Trinajstić information content (AvgIpc) is 2.88. The molecule has 0 saturated carbocycles. The van der Waals surface area contributed by atoms with Gasteiger partial charge in [-0.05, 0) is 39.2 Å². The van der Waals surface area contributed by atoms with E-state index >= 15 is 4.39 Å². The van der Waals surface area contributed by atoms with Crippen molar-refractivity contribution in [1.82, 2.24) is 9.80 Å². The number of nitrogens with two attached hydrogens (primary N) is 1. The minimum Gasteiger partial charge on any atom is -0.366 e. The Bertz CT molecular complexity index is 1210. The molecule has 0 spiro atoms. The number of hydrogen-bond donors (Lipinski definition) is 1. The fourth-order valence-corrected chi connectivity index (χ4v) is 4.48. The van der Waals surface area contributed by atoms with Crippen LogP contribution < -0.4 is 5.73 Å². The zero-order valence-electron chi connectivity index (χ0n) is 18.3. The van der Waals surface area contributed by atoms with E-state index in [1.165, 1.54) is 17.0 Å². The van der Waals surface area contributed by atoms with Gasteiger partial charge in [0, 0.05) is 36.2 Å². The number of piperazine rings is 1. The van der Waals surface area contributed by atoms with Crippen LogP contribution in [0.1, 0.15) is 15.9 Å². The molecular formula is C26H23BrFN3O3. The smallest absolute Gasteiger partial charge is 0.290 e. The topological polar surface area (TPSA) is 83.7 Å². The molecule has 4 rings (SSSR count). The van der Waals surface area contributed by atoms with E-state index in [4.69, 9.17) is 5.73 Å². The Morgan fingerprint density at radius 1 is 0.765 bits per heavy atom. The molecule has 174 valence electrons. The molecule has 2 N–H and O–H groups in total. The van der Waals surface area contributed by atoms with Crippen molar-refractivity contribution in [2.75, 3.05) is 26.2 Å². The molecule has 8 heteroatoms. The third kappa shape index (κ3) is 4.46. The number of amides is 3. The van der Waals surface area contributed by atoms with E-state index in [1.807, 2.05) is 36.4 Å². The fourth-order valence-electron chi connectivity index (χ4n) is 4.03. The van der Waals surface area contributed by atoms with Crippen LogP contribution in [0.15, 0.2) is 83.3 Å². The van der Waals surface area contributed by atoms with Crippen molar-refractivity contribution in [1.29, 1.82) is 0 Å². The van der Waals surface area contributed by atoms with Gasteiger partial charge in [-0.15, -0.1) is 0 Å². The van der Waals surface area contributed by atoms with Crippen LogP contribution in [0, 0.1) is 0 Å². The molecule has 34 heavy (non-hydrogen) atoms. The van der Waals surface area contributed by atoms with Crippen LogP contribution in [0.2, 0.25) is 0 Å². The third-order valence-electron chi connectivity index (χ3n) is 5.98. The van der Waals surface area contributed by atoms with E-state index in [2.05, 4.69) is 15.9 Å². The van der Waals surface area contributed by atoms with E-state index < -0.39 is 17.5 Å². The molecule has 1 fully saturated rings. The Kier molecular flexibility index (Phi) is 6.79. The summed E-state index contributed by atoms with van der Waals surface area (Å²) in [7, 11) is 0. The normalized spacial score (nSPS) is 15.5. The summed E-state index contributed by atoms with van der Waals surface area (Å²) in [4.78, 5) is 41.0. The van der Waals surface area contributed by atoms with Gasteiger partial charge >= 0.3 is 0 Å². The number of benzene rings is 3. The highest BCUT2D eigenvalue weighted by molar-refractivity contribution is 9.10. The molecule has 0 aliphatic carbocycles. The van der Waals surface area contributed by atoms with Gasteiger partial charge < -0.3 is 15.5 Å². The molecule has 3 amide bonds. The summed E-state index contributed by atoms with van der Waals surface area (Å²) in [6, 6.07) is 22.7. The molecule has 0 bridgehead atoms. The van der Waals surface area contributed by atoms with E-state index in [1.54, 1.807) is 35.2 Å². The Labute approximate surface area is 205 Å². The number of carbonyl (C=O) groups is 3. The average molecular weight is 524 g/mol. The van der Waals surface area contributed by atoms with Crippen molar-refractivity contribution < 1.29 is 18.8 Å². The predicted molar refractivity (Wildman–Crippen MR) is 130 cm³/mol. The van der Waals surface area contributed by atoms with Gasteiger partial charge in [-0.3, -0.25) is 14.4 Å². The summed E-state index contributed by atoms with van der Waals surface area (Å²) < 4.78 is 16.7. The molecule has 1 atom stereocenters. The first-order valence-electron chi connectivity index (χ1n) is 10.8. The molecule has 1 aliphatic rings. The highest BCUT2D eigenvalue weighted by Gasteiger charge is 2.49. The van der Waals surface area contributed by atoms with Crippen molar-refractivity contribution in [3.05, 3.63) is 94.5 Å². The SMILES string of the molecule is NC(=O)C(F)(C(=O)N1CCN(C(=O)c2ccccc2Br)CC1)c1ccc(-c2ccccc2)cc1. The van der Waals surface area contributed by atoms with Crippen LogP contribution in [0.5, 0.6) is 0 Å². The van der Waals surface area contributed by atoms with Gasteiger partial charge in [-0.25, -0.2) is 4.39 Å². The molecule has 0 radical (unpaired) electrons. The molecule has 6 nitrogen and oxygen atoms in total. The maximum Gasteiger partial charge on any atom is 0.290 e. The summed E-state index contributed by atoms with van der Waals surface area (Å²) in [5.41, 5.74) is 4.55. The minimum atomic E-state index is -3.00. The summed E-state index contributed by atoms with van der Waals surface area (Å²) >= 11 is 3.37. The van der Waals surface area contributed by atoms with Gasteiger partial charge in [0.1, 0.15) is 0 Å². The molecule has 1 heterocycles. The predicted octanol–water partition coefficient (Wildman–Crippen LogP) is 3.75. The van der Waals surface area contributed by atoms with E-state index in [0.717, 1.165) is 11.1 Å². The largest absolute Gasteiger partial charge is 0.366 e. The first kappa shape index (κ1) is 23.6. The number of halogens is 2. The molecule has 1 saturated heterocycles. The number of carbonyl (C=O) groups excluding carboxylic acids is 3. The molecular weight excluding hydrogens is 501 g/mol. The minimum absolute atomic E-state index is 0.0933. The van der Waals surface area contributed by atoms with Crippen molar-refractivity contribution in [2.45, 2.75) is 5.67 Å². The van der Waals surface area contributed by atoms with Gasteiger partial charge in [0.2, 0.25) is 0 Å². The van der Waals surface area contributed by atoms with Crippen molar-refractivity contribution in [2.24, 2.45) is 5.73 Å². The second-order valence-electron chi connectivity index (χ2n) is 8.03. The zero-order chi connectivity index (χ0) is 24.3. The number of primary amides is 1. The first-order valence-corrected chi connectivity index (χ1v) is 11.6. The van der Waals surface area contributed by atoms with Crippen molar-refractivity contribution >= 4 is 33.7 Å². The Morgan fingerprint density at radius 2 is 1.29 bits per heavy atom. The number of nitrogens with zero attached hydrogens (tertiary/aromatic N) is 2. The van der Waals surface area contributed by atoms with E-state index in [9.17, 15) is 14.4 Å². The van der Waals surface area contributed by atoms with Gasteiger partial charge in [0.15, 0.2) is 0 Å². The van der Waals surface area contributed by atoms with Gasteiger partial charge in [-0.2, -0.15) is 0 Å². The van der Waals surface area contributed by atoms with Crippen LogP contribution >= 0.6 is 15.9 Å². The Balaban J connectivity index is 1.50. The number of rotatable bonds is 5. The Morgan fingerprint density at radius 3 is 1.88 bits per heavy atom. The van der Waals surface area contributed by atoms with E-state index in [0.29, 0.717) is 10.0 Å². The molecule has 1 aliphatic heterocycles. The van der Waals surface area contributed by atoms with Gasteiger partial charge in [-0.1, -0.05) is 66.7 Å². The molecule has 3 aromatic rings. The van der Waals surface area contributed by atoms with Crippen molar-refractivity contribution in [3.63, 3.8) is 0 Å². The molecule has 0 aromatic heterocycles. The third-order valence-corrected chi connectivity index (χ3v) is 6.67. The Hall–Kier alpha value is -3.52. The highest BCUT2D eigenvalue weighted by Crippen LogP contribution is 2.31. The summed E-state index contributed by atoms with van der Waals surface area (Å²) in [6.07, 6.45) is 0. The van der Waals surface area contributed by atoms with Crippen LogP contribution in [-0.2, 0) is 15.3 Å². The fraction of sp³-hybridized carbons (Fsp3) is 0.192. The quantitative estimate of drug-likeness (QED) is 0.517. The molecule has 1 unspecified atom stereocenters. The second-order valence-corrected chi connectivity index (χ2v) is 8.88. The maximum absolute atomic E-state index is 16.0. The van der Waals surface area contributed by atoms with Crippen LogP contribution in [0.3, 0.4) is 0 Å². The lowest BCUT2D eigenvalue weighted by Gasteiger charge is -2.37. The van der Waals surface area contributed by atoms with Crippen LogP contribution in [0.4, 0.5) is 4.39 Å². The maximum atomic E-state index is 16.0. The lowest BCUT2D eigenvalue weighted by Crippen LogP contribution is -2.57.